The lowest BCUT2D eigenvalue weighted by molar-refractivity contribution is -0.137. The van der Waals surface area contributed by atoms with Gasteiger partial charge in [-0.2, -0.15) is 13.2 Å². The van der Waals surface area contributed by atoms with Crippen molar-refractivity contribution < 1.29 is 13.2 Å². The number of thiazole rings is 1. The third-order valence-corrected chi connectivity index (χ3v) is 3.36. The van der Waals surface area contributed by atoms with Gasteiger partial charge in [-0.25, -0.2) is 15.0 Å². The van der Waals surface area contributed by atoms with Crippen LogP contribution in [0, 0.1) is 13.8 Å². The predicted octanol–water partition coefficient (Wildman–Crippen LogP) is 2.82. The van der Waals surface area contributed by atoms with Crippen LogP contribution >= 0.6 is 11.3 Å². The largest absolute Gasteiger partial charge is 0.443 e. The topological polar surface area (TPSA) is 64.7 Å². The minimum absolute atomic E-state index is 0.107. The maximum Gasteiger partial charge on any atom is 0.443 e. The van der Waals surface area contributed by atoms with Crippen molar-refractivity contribution in [1.82, 2.24) is 15.0 Å². The summed E-state index contributed by atoms with van der Waals surface area (Å²) in [6.45, 7) is 3.45. The highest BCUT2D eigenvalue weighted by Gasteiger charge is 2.35. The Morgan fingerprint density at radius 2 is 1.78 bits per heavy atom. The van der Waals surface area contributed by atoms with Crippen LogP contribution in [0.3, 0.4) is 0 Å². The van der Waals surface area contributed by atoms with Crippen LogP contribution in [-0.4, -0.2) is 15.0 Å². The molecule has 4 nitrogen and oxygen atoms in total. The molecule has 0 atom stereocenters. The number of halogens is 3. The number of nitrogen functional groups attached to an aromatic ring is 1. The summed E-state index contributed by atoms with van der Waals surface area (Å²) >= 11 is 0.503. The van der Waals surface area contributed by atoms with Gasteiger partial charge in [-0.05, 0) is 13.8 Å². The van der Waals surface area contributed by atoms with Crippen LogP contribution in [0.15, 0.2) is 6.20 Å². The number of aryl methyl sites for hydroxylation is 2. The normalized spacial score (nSPS) is 11.8. The van der Waals surface area contributed by atoms with Gasteiger partial charge in [0.1, 0.15) is 5.69 Å². The van der Waals surface area contributed by atoms with Crippen molar-refractivity contribution in [3.05, 3.63) is 22.6 Å². The SMILES string of the molecule is Cc1nc(N)c(-c2cnc(C(F)(F)F)s2)nc1C. The summed E-state index contributed by atoms with van der Waals surface area (Å²) in [6, 6.07) is 0. The van der Waals surface area contributed by atoms with Gasteiger partial charge in [0.25, 0.3) is 0 Å². The molecule has 0 spiro atoms. The number of nitrogens with zero attached hydrogens (tertiary/aromatic N) is 3. The number of alkyl halides is 3. The summed E-state index contributed by atoms with van der Waals surface area (Å²) in [6.07, 6.45) is -3.34. The Balaban J connectivity index is 2.50. The zero-order valence-corrected chi connectivity index (χ0v) is 10.4. The van der Waals surface area contributed by atoms with Crippen LogP contribution < -0.4 is 5.73 Å². The minimum atomic E-state index is -4.45. The van der Waals surface area contributed by atoms with E-state index in [0.29, 0.717) is 22.7 Å². The molecule has 0 unspecified atom stereocenters. The molecule has 0 aliphatic heterocycles. The van der Waals surface area contributed by atoms with Crippen LogP contribution in [-0.2, 0) is 6.18 Å². The van der Waals surface area contributed by atoms with Crippen LogP contribution in [0.4, 0.5) is 19.0 Å². The molecule has 0 fully saturated rings. The van der Waals surface area contributed by atoms with Crippen LogP contribution in [0.1, 0.15) is 16.4 Å². The number of hydrogen-bond donors (Lipinski definition) is 1. The van der Waals surface area contributed by atoms with Crippen molar-refractivity contribution in [3.8, 4) is 10.6 Å². The highest BCUT2D eigenvalue weighted by Crippen LogP contribution is 2.36. The third kappa shape index (κ3) is 2.28. The van der Waals surface area contributed by atoms with Gasteiger partial charge in [0.15, 0.2) is 10.8 Å². The summed E-state index contributed by atoms with van der Waals surface area (Å²) in [7, 11) is 0. The highest BCUT2D eigenvalue weighted by molar-refractivity contribution is 7.15. The molecular formula is C10H9F3N4S. The third-order valence-electron chi connectivity index (χ3n) is 2.32. The summed E-state index contributed by atoms with van der Waals surface area (Å²) in [4.78, 5) is 11.8. The van der Waals surface area contributed by atoms with E-state index in [0.717, 1.165) is 6.20 Å². The molecule has 18 heavy (non-hydrogen) atoms. The Morgan fingerprint density at radius 1 is 1.17 bits per heavy atom. The second kappa shape index (κ2) is 4.20. The Bertz CT molecular complexity index is 591. The molecule has 0 aromatic carbocycles. The molecule has 2 rings (SSSR count). The number of hydrogen-bond acceptors (Lipinski definition) is 5. The smallest absolute Gasteiger partial charge is 0.382 e. The molecule has 2 aromatic heterocycles. The number of anilines is 1. The molecule has 0 radical (unpaired) electrons. The second-order valence-corrected chi connectivity index (χ2v) is 4.69. The number of aromatic nitrogens is 3. The molecule has 0 saturated heterocycles. The molecule has 0 saturated carbocycles. The fraction of sp³-hybridized carbons (Fsp3) is 0.300. The van der Waals surface area contributed by atoms with E-state index in [-0.39, 0.29) is 16.4 Å². The van der Waals surface area contributed by atoms with E-state index in [1.54, 1.807) is 13.8 Å². The Hall–Kier alpha value is -1.70. The molecule has 2 heterocycles. The zero-order chi connectivity index (χ0) is 13.5. The standard InChI is InChI=1S/C10H9F3N4S/c1-4-5(2)17-8(14)7(16-4)6-3-15-9(18-6)10(11,12)13/h3H,1-2H3,(H2,14,17). The van der Waals surface area contributed by atoms with Crippen molar-refractivity contribution in [2.24, 2.45) is 0 Å². The first-order chi connectivity index (χ1) is 8.29. The van der Waals surface area contributed by atoms with Gasteiger partial charge in [-0.3, -0.25) is 0 Å². The lowest BCUT2D eigenvalue weighted by Gasteiger charge is -2.05. The maximum atomic E-state index is 12.4. The predicted molar refractivity (Wildman–Crippen MR) is 62.0 cm³/mol. The summed E-state index contributed by atoms with van der Waals surface area (Å²) in [5.74, 6) is 0.107. The molecule has 0 aliphatic carbocycles. The van der Waals surface area contributed by atoms with Crippen molar-refractivity contribution in [2.45, 2.75) is 20.0 Å². The molecular weight excluding hydrogens is 265 g/mol. The van der Waals surface area contributed by atoms with E-state index in [9.17, 15) is 13.2 Å². The van der Waals surface area contributed by atoms with Crippen LogP contribution in [0.2, 0.25) is 0 Å². The Labute approximate surface area is 105 Å². The van der Waals surface area contributed by atoms with Gasteiger partial charge in [-0.1, -0.05) is 0 Å². The summed E-state index contributed by atoms with van der Waals surface area (Å²) < 4.78 is 37.3. The first kappa shape index (κ1) is 12.7. The van der Waals surface area contributed by atoms with Crippen molar-refractivity contribution in [3.63, 3.8) is 0 Å². The van der Waals surface area contributed by atoms with Gasteiger partial charge >= 0.3 is 6.18 Å². The lowest BCUT2D eigenvalue weighted by atomic mass is 10.3. The van der Waals surface area contributed by atoms with Crippen LogP contribution in [0.25, 0.3) is 10.6 Å². The van der Waals surface area contributed by atoms with E-state index in [1.807, 2.05) is 0 Å². The quantitative estimate of drug-likeness (QED) is 0.868. The number of rotatable bonds is 1. The van der Waals surface area contributed by atoms with Gasteiger partial charge < -0.3 is 5.73 Å². The van der Waals surface area contributed by atoms with E-state index in [1.165, 1.54) is 0 Å². The van der Waals surface area contributed by atoms with Crippen molar-refractivity contribution in [1.29, 1.82) is 0 Å². The van der Waals surface area contributed by atoms with Crippen LogP contribution in [0.5, 0.6) is 0 Å². The van der Waals surface area contributed by atoms with Gasteiger partial charge in [-0.15, -0.1) is 11.3 Å². The summed E-state index contributed by atoms with van der Waals surface area (Å²) in [5, 5.41) is -0.920. The maximum absolute atomic E-state index is 12.4. The van der Waals surface area contributed by atoms with Gasteiger partial charge in [0.05, 0.1) is 16.3 Å². The van der Waals surface area contributed by atoms with Gasteiger partial charge in [0, 0.05) is 6.20 Å². The second-order valence-electron chi connectivity index (χ2n) is 3.66. The van der Waals surface area contributed by atoms with E-state index in [4.69, 9.17) is 5.73 Å². The van der Waals surface area contributed by atoms with E-state index in [2.05, 4.69) is 15.0 Å². The van der Waals surface area contributed by atoms with E-state index < -0.39 is 11.2 Å². The molecule has 8 heteroatoms. The monoisotopic (exact) mass is 274 g/mol. The average Bonchev–Trinajstić information content (AvgIpc) is 2.72. The Kier molecular flexibility index (Phi) is 2.97. The van der Waals surface area contributed by atoms with Crippen molar-refractivity contribution >= 4 is 17.2 Å². The number of nitrogens with two attached hydrogens (primary N) is 1. The van der Waals surface area contributed by atoms with Crippen molar-refractivity contribution in [2.75, 3.05) is 5.73 Å². The molecule has 2 aromatic rings. The zero-order valence-electron chi connectivity index (χ0n) is 9.54. The fourth-order valence-electron chi connectivity index (χ4n) is 1.32. The highest BCUT2D eigenvalue weighted by atomic mass is 32.1. The first-order valence-corrected chi connectivity index (χ1v) is 5.75. The molecule has 2 N–H and O–H groups in total. The average molecular weight is 274 g/mol. The fourth-order valence-corrected chi connectivity index (χ4v) is 2.10. The molecule has 96 valence electrons. The Morgan fingerprint density at radius 3 is 2.33 bits per heavy atom. The minimum Gasteiger partial charge on any atom is -0.382 e. The molecule has 0 aliphatic rings. The first-order valence-electron chi connectivity index (χ1n) is 4.93. The summed E-state index contributed by atoms with van der Waals surface area (Å²) in [5.41, 5.74) is 7.18. The van der Waals surface area contributed by atoms with Gasteiger partial charge in [0.2, 0.25) is 0 Å². The lowest BCUT2D eigenvalue weighted by Crippen LogP contribution is -2.03. The van der Waals surface area contributed by atoms with E-state index >= 15 is 0 Å². The molecule has 0 bridgehead atoms. The molecule has 0 amide bonds.